The predicted octanol–water partition coefficient (Wildman–Crippen LogP) is 4.45. The molecular formula is C16H17ClN2S. The van der Waals surface area contributed by atoms with Gasteiger partial charge in [-0.25, -0.2) is 0 Å². The fourth-order valence-electron chi connectivity index (χ4n) is 2.39. The molecule has 2 nitrogen and oxygen atoms in total. The van der Waals surface area contributed by atoms with Gasteiger partial charge in [0.25, 0.3) is 0 Å². The Morgan fingerprint density at radius 1 is 1.20 bits per heavy atom. The average Bonchev–Trinajstić information content (AvgIpc) is 3.02. The number of halogens is 1. The van der Waals surface area contributed by atoms with Crippen LogP contribution < -0.4 is 5.32 Å². The smallest absolute Gasteiger partial charge is 0.0670 e. The first-order valence-corrected chi connectivity index (χ1v) is 7.93. The van der Waals surface area contributed by atoms with Crippen LogP contribution in [-0.2, 0) is 13.1 Å². The standard InChI is InChI=1S/C16H17ClN2S/c1-12-5-6-14(20-12)11-18-8-10-19-9-7-13-3-2-4-15(17)16(13)19/h2-7,9,18H,8,10-11H2,1H3. The monoisotopic (exact) mass is 304 g/mol. The zero-order valence-corrected chi connectivity index (χ0v) is 13.0. The molecule has 0 saturated carbocycles. The van der Waals surface area contributed by atoms with E-state index in [9.17, 15) is 0 Å². The Balaban J connectivity index is 1.60. The molecule has 0 unspecified atom stereocenters. The minimum absolute atomic E-state index is 0.821. The molecule has 1 aromatic carbocycles. The van der Waals surface area contributed by atoms with E-state index in [1.54, 1.807) is 0 Å². The van der Waals surface area contributed by atoms with E-state index in [0.29, 0.717) is 0 Å². The fraction of sp³-hybridized carbons (Fsp3) is 0.250. The van der Waals surface area contributed by atoms with E-state index in [1.165, 1.54) is 15.1 Å². The summed E-state index contributed by atoms with van der Waals surface area (Å²) < 4.78 is 2.21. The van der Waals surface area contributed by atoms with Crippen molar-refractivity contribution in [2.75, 3.05) is 6.54 Å². The van der Waals surface area contributed by atoms with Gasteiger partial charge in [-0.05, 0) is 31.2 Å². The molecule has 0 bridgehead atoms. The molecule has 0 fully saturated rings. The maximum atomic E-state index is 6.28. The summed E-state index contributed by atoms with van der Waals surface area (Å²) in [6, 6.07) is 12.5. The third-order valence-electron chi connectivity index (χ3n) is 3.36. The Labute approximate surface area is 128 Å². The molecule has 2 heterocycles. The van der Waals surface area contributed by atoms with Crippen LogP contribution >= 0.6 is 22.9 Å². The minimum Gasteiger partial charge on any atom is -0.345 e. The van der Waals surface area contributed by atoms with Crippen LogP contribution in [0.1, 0.15) is 9.75 Å². The number of benzene rings is 1. The van der Waals surface area contributed by atoms with Gasteiger partial charge in [-0.1, -0.05) is 23.7 Å². The highest BCUT2D eigenvalue weighted by Crippen LogP contribution is 2.24. The Hall–Kier alpha value is -1.29. The topological polar surface area (TPSA) is 17.0 Å². The van der Waals surface area contributed by atoms with Crippen molar-refractivity contribution in [2.45, 2.75) is 20.0 Å². The lowest BCUT2D eigenvalue weighted by Gasteiger charge is -2.07. The molecule has 104 valence electrons. The first-order chi connectivity index (χ1) is 9.74. The van der Waals surface area contributed by atoms with Crippen LogP contribution in [0.15, 0.2) is 42.6 Å². The summed E-state index contributed by atoms with van der Waals surface area (Å²) in [6.45, 7) is 4.94. The second kappa shape index (κ2) is 6.00. The molecule has 0 atom stereocenters. The SMILES string of the molecule is Cc1ccc(CNCCn2ccc3cccc(Cl)c32)s1. The van der Waals surface area contributed by atoms with Gasteiger partial charge in [-0.3, -0.25) is 0 Å². The zero-order chi connectivity index (χ0) is 13.9. The van der Waals surface area contributed by atoms with Crippen LogP contribution in [0.4, 0.5) is 0 Å². The van der Waals surface area contributed by atoms with Crippen molar-refractivity contribution in [3.8, 4) is 0 Å². The predicted molar refractivity (Wildman–Crippen MR) is 87.7 cm³/mol. The van der Waals surface area contributed by atoms with Crippen molar-refractivity contribution in [3.05, 3.63) is 57.4 Å². The number of thiophene rings is 1. The van der Waals surface area contributed by atoms with Gasteiger partial charge in [-0.2, -0.15) is 0 Å². The van der Waals surface area contributed by atoms with Crippen molar-refractivity contribution in [1.29, 1.82) is 0 Å². The second-order valence-electron chi connectivity index (χ2n) is 4.88. The Kier molecular flexibility index (Phi) is 4.10. The van der Waals surface area contributed by atoms with Crippen LogP contribution in [0.25, 0.3) is 10.9 Å². The van der Waals surface area contributed by atoms with Crippen LogP contribution in [0, 0.1) is 6.92 Å². The van der Waals surface area contributed by atoms with Gasteiger partial charge < -0.3 is 9.88 Å². The van der Waals surface area contributed by atoms with Crippen molar-refractivity contribution < 1.29 is 0 Å². The quantitative estimate of drug-likeness (QED) is 0.689. The Morgan fingerprint density at radius 3 is 2.90 bits per heavy atom. The van der Waals surface area contributed by atoms with Gasteiger partial charge in [0.15, 0.2) is 0 Å². The molecule has 4 heteroatoms. The van der Waals surface area contributed by atoms with E-state index in [1.807, 2.05) is 23.5 Å². The maximum Gasteiger partial charge on any atom is 0.0670 e. The molecule has 0 aliphatic rings. The average molecular weight is 305 g/mol. The van der Waals surface area contributed by atoms with E-state index in [0.717, 1.165) is 30.2 Å². The summed E-state index contributed by atoms with van der Waals surface area (Å²) in [6.07, 6.45) is 2.10. The molecule has 0 spiro atoms. The van der Waals surface area contributed by atoms with Crippen molar-refractivity contribution in [2.24, 2.45) is 0 Å². The number of hydrogen-bond donors (Lipinski definition) is 1. The Bertz CT molecular complexity index is 714. The van der Waals surface area contributed by atoms with Crippen molar-refractivity contribution in [3.63, 3.8) is 0 Å². The highest BCUT2D eigenvalue weighted by atomic mass is 35.5. The first-order valence-electron chi connectivity index (χ1n) is 6.73. The molecule has 1 N–H and O–H groups in total. The van der Waals surface area contributed by atoms with E-state index in [-0.39, 0.29) is 0 Å². The molecule has 0 amide bonds. The molecular weight excluding hydrogens is 288 g/mol. The minimum atomic E-state index is 0.821. The third kappa shape index (κ3) is 2.90. The summed E-state index contributed by atoms with van der Waals surface area (Å²) in [5.74, 6) is 0. The highest BCUT2D eigenvalue weighted by molar-refractivity contribution is 7.11. The van der Waals surface area contributed by atoms with Crippen LogP contribution in [0.2, 0.25) is 5.02 Å². The summed E-state index contributed by atoms with van der Waals surface area (Å²) >= 11 is 8.13. The largest absolute Gasteiger partial charge is 0.345 e. The molecule has 20 heavy (non-hydrogen) atoms. The van der Waals surface area contributed by atoms with Gasteiger partial charge in [0.2, 0.25) is 0 Å². The number of rotatable bonds is 5. The lowest BCUT2D eigenvalue weighted by atomic mass is 10.2. The van der Waals surface area contributed by atoms with Gasteiger partial charge in [0, 0.05) is 41.0 Å². The summed E-state index contributed by atoms with van der Waals surface area (Å²) in [7, 11) is 0. The lowest BCUT2D eigenvalue weighted by molar-refractivity contribution is 0.613. The number of aryl methyl sites for hydroxylation is 1. The lowest BCUT2D eigenvalue weighted by Crippen LogP contribution is -2.18. The molecule has 0 saturated heterocycles. The number of nitrogens with one attached hydrogen (secondary N) is 1. The number of para-hydroxylation sites is 1. The third-order valence-corrected chi connectivity index (χ3v) is 4.67. The highest BCUT2D eigenvalue weighted by Gasteiger charge is 2.04. The van der Waals surface area contributed by atoms with Gasteiger partial charge in [-0.15, -0.1) is 11.3 Å². The van der Waals surface area contributed by atoms with E-state index >= 15 is 0 Å². The number of nitrogens with zero attached hydrogens (tertiary/aromatic N) is 1. The fourth-order valence-corrected chi connectivity index (χ4v) is 3.54. The molecule has 2 aromatic heterocycles. The molecule has 3 rings (SSSR count). The van der Waals surface area contributed by atoms with E-state index in [4.69, 9.17) is 11.6 Å². The summed E-state index contributed by atoms with van der Waals surface area (Å²) in [4.78, 5) is 2.75. The molecule has 0 aliphatic carbocycles. The van der Waals surface area contributed by atoms with Crippen LogP contribution in [0.3, 0.4) is 0 Å². The summed E-state index contributed by atoms with van der Waals surface area (Å²) in [5.41, 5.74) is 1.13. The number of fused-ring (bicyclic) bond motifs is 1. The van der Waals surface area contributed by atoms with Crippen molar-refractivity contribution >= 4 is 33.8 Å². The van der Waals surface area contributed by atoms with Gasteiger partial charge >= 0.3 is 0 Å². The summed E-state index contributed by atoms with van der Waals surface area (Å²) in [5, 5.41) is 5.51. The maximum absolute atomic E-state index is 6.28. The second-order valence-corrected chi connectivity index (χ2v) is 6.66. The van der Waals surface area contributed by atoms with Crippen molar-refractivity contribution in [1.82, 2.24) is 9.88 Å². The number of aromatic nitrogens is 1. The molecule has 0 radical (unpaired) electrons. The van der Waals surface area contributed by atoms with Gasteiger partial charge in [0.1, 0.15) is 0 Å². The zero-order valence-electron chi connectivity index (χ0n) is 11.4. The molecule has 0 aliphatic heterocycles. The first kappa shape index (κ1) is 13.7. The van der Waals surface area contributed by atoms with E-state index in [2.05, 4.69) is 47.3 Å². The van der Waals surface area contributed by atoms with Crippen LogP contribution in [0.5, 0.6) is 0 Å². The van der Waals surface area contributed by atoms with Gasteiger partial charge in [0.05, 0.1) is 10.5 Å². The normalized spacial score (nSPS) is 11.3. The van der Waals surface area contributed by atoms with E-state index < -0.39 is 0 Å². The molecule has 3 aromatic rings. The van der Waals surface area contributed by atoms with Crippen LogP contribution in [-0.4, -0.2) is 11.1 Å². The number of hydrogen-bond acceptors (Lipinski definition) is 2. The Morgan fingerprint density at radius 2 is 2.10 bits per heavy atom.